The molecule has 2 aromatic carbocycles. The highest BCUT2D eigenvalue weighted by atomic mass is 16.5. The number of cyclic esters (lactones) is 1. The van der Waals surface area contributed by atoms with Crippen LogP contribution in [0.15, 0.2) is 60.8 Å². The largest absolute Gasteiger partial charge is 0.464 e. The number of methoxy groups -OCH3 is 1. The second-order valence-electron chi connectivity index (χ2n) is 22.2. The van der Waals surface area contributed by atoms with Crippen LogP contribution in [0.25, 0.3) is 33.3 Å². The highest BCUT2D eigenvalue weighted by molar-refractivity contribution is 5.98. The van der Waals surface area contributed by atoms with Crippen LogP contribution in [0.1, 0.15) is 104 Å². The number of nitrogens with zero attached hydrogens (tertiary/aromatic N) is 6. The molecule has 8 rings (SSSR count). The van der Waals surface area contributed by atoms with Crippen molar-refractivity contribution >= 4 is 40.5 Å². The molecule has 0 radical (unpaired) electrons. The molecule has 4 aliphatic rings. The zero-order valence-corrected chi connectivity index (χ0v) is 44.2. The fourth-order valence-corrected chi connectivity index (χ4v) is 11.0. The van der Waals surface area contributed by atoms with E-state index in [0.29, 0.717) is 58.3 Å². The lowest BCUT2D eigenvalue weighted by atomic mass is 9.84. The third kappa shape index (κ3) is 10.4. The van der Waals surface area contributed by atoms with E-state index in [9.17, 15) is 24.0 Å². The molecule has 384 valence electrons. The van der Waals surface area contributed by atoms with Gasteiger partial charge in [-0.05, 0) is 132 Å². The van der Waals surface area contributed by atoms with E-state index >= 15 is 0 Å². The van der Waals surface area contributed by atoms with Gasteiger partial charge in [0, 0.05) is 74.3 Å². The van der Waals surface area contributed by atoms with Crippen molar-refractivity contribution in [1.29, 1.82) is 0 Å². The van der Waals surface area contributed by atoms with Crippen LogP contribution in [0.5, 0.6) is 0 Å². The number of carbonyl (C=O) groups is 5. The number of benzene rings is 2. The minimum atomic E-state index is -1.05. The van der Waals surface area contributed by atoms with Crippen LogP contribution in [0.2, 0.25) is 0 Å². The van der Waals surface area contributed by atoms with Gasteiger partial charge < -0.3 is 29.2 Å². The highest BCUT2D eigenvalue weighted by Gasteiger charge is 2.54. The third-order valence-corrected chi connectivity index (χ3v) is 15.6. The van der Waals surface area contributed by atoms with Crippen LogP contribution < -0.4 is 10.7 Å². The summed E-state index contributed by atoms with van der Waals surface area (Å²) in [5, 5.41) is 5.66. The number of hydrogen-bond acceptors (Lipinski definition) is 10. The standard InChI is InChI=1S/C57H74N8O7/c1-12-63-46-21-20-40-32-42(46)43(50(63)41-18-14-26-58-48(41)37(4)71-11)33-55(5,6)35-72-53(69)44-19-15-27-65(60-44)52(68)45(31-38-16-13-17-39(40)30-38)59-51(67)49(36(2)3)64-29-25-57(54(64)70)24-28-62(34-57)47(66)22-23-56(7,8)61(9)10/h13-14,16-18,20-21,26,30,32,36-37,44-45,49,60H,12,15,19,24-25,27-29,31,33-35H2,1-11H3,(H,59,67)/t37-,44+,45?,49?,57-/m1/s1. The van der Waals surface area contributed by atoms with Gasteiger partial charge >= 0.3 is 5.97 Å². The summed E-state index contributed by atoms with van der Waals surface area (Å²) in [6.45, 7) is 18.2. The van der Waals surface area contributed by atoms with Gasteiger partial charge in [-0.15, -0.1) is 0 Å². The van der Waals surface area contributed by atoms with Gasteiger partial charge in [-0.3, -0.25) is 38.9 Å². The fourth-order valence-electron chi connectivity index (χ4n) is 11.0. The summed E-state index contributed by atoms with van der Waals surface area (Å²) >= 11 is 0. The number of ether oxygens (including phenoxy) is 2. The lowest BCUT2D eigenvalue weighted by Gasteiger charge is -2.37. The molecule has 2 aromatic heterocycles. The Morgan fingerprint density at radius 3 is 2.49 bits per heavy atom. The van der Waals surface area contributed by atoms with Gasteiger partial charge in [-0.1, -0.05) is 63.9 Å². The lowest BCUT2D eigenvalue weighted by Crippen LogP contribution is -2.62. The average molecular weight is 983 g/mol. The quantitative estimate of drug-likeness (QED) is 0.139. The summed E-state index contributed by atoms with van der Waals surface area (Å²) in [6, 6.07) is 16.0. The summed E-state index contributed by atoms with van der Waals surface area (Å²) in [5.41, 5.74) is 9.19. The Balaban J connectivity index is 1.13. The van der Waals surface area contributed by atoms with E-state index in [1.54, 1.807) is 23.1 Å². The van der Waals surface area contributed by atoms with Crippen molar-refractivity contribution in [3.05, 3.63) is 77.6 Å². The summed E-state index contributed by atoms with van der Waals surface area (Å²) in [7, 11) is 5.52. The number of rotatable bonds is 9. The molecule has 15 nitrogen and oxygen atoms in total. The van der Waals surface area contributed by atoms with E-state index in [-0.39, 0.29) is 49.3 Å². The number of esters is 1. The van der Waals surface area contributed by atoms with E-state index in [0.717, 1.165) is 50.1 Å². The number of hydrazine groups is 1. The van der Waals surface area contributed by atoms with Gasteiger partial charge in [0.2, 0.25) is 11.8 Å². The van der Waals surface area contributed by atoms with Crippen molar-refractivity contribution in [3.63, 3.8) is 0 Å². The molecule has 3 saturated heterocycles. The van der Waals surface area contributed by atoms with Gasteiger partial charge in [0.15, 0.2) is 0 Å². The molecule has 0 saturated carbocycles. The molecule has 3 fully saturated rings. The maximum absolute atomic E-state index is 14.9. The summed E-state index contributed by atoms with van der Waals surface area (Å²) in [6.07, 6.45) is 4.28. The summed E-state index contributed by atoms with van der Waals surface area (Å²) in [4.78, 5) is 81.7. The SMILES string of the molecule is CCn1c(-c2cccnc2[C@@H](C)OC)c2c3cc(ccc31)-c1cccc(c1)CC(NC(=O)C(C(C)C)N1CC[C@@]3(CCN(C(=O)C#CC(C)(C)N(C)C)C3)C1=O)C(=O)N1CCC[C@H](N1)C(=O)OCC(C)(C)C2. The molecule has 72 heavy (non-hydrogen) atoms. The molecule has 1 spiro atoms. The molecule has 6 heterocycles. The molecule has 4 aliphatic heterocycles. The topological polar surface area (TPSA) is 159 Å². The number of aromatic nitrogens is 2. The Bertz CT molecular complexity index is 2800. The Hall–Kier alpha value is -6.08. The average Bonchev–Trinajstić information content (AvgIpc) is 4.03. The Kier molecular flexibility index (Phi) is 15.1. The van der Waals surface area contributed by atoms with E-state index in [1.807, 2.05) is 71.8 Å². The molecular formula is C57H74N8O7. The number of pyridine rings is 1. The maximum atomic E-state index is 14.9. The molecule has 2 N–H and O–H groups in total. The maximum Gasteiger partial charge on any atom is 0.324 e. The van der Waals surface area contributed by atoms with Crippen molar-refractivity contribution < 1.29 is 33.4 Å². The molecule has 4 amide bonds. The number of carbonyl (C=O) groups excluding carboxylic acids is 5. The second-order valence-corrected chi connectivity index (χ2v) is 22.2. The minimum Gasteiger partial charge on any atom is -0.464 e. The van der Waals surface area contributed by atoms with Crippen molar-refractivity contribution in [2.75, 3.05) is 54.0 Å². The fraction of sp³-hybridized carbons (Fsp3) is 0.544. The predicted octanol–water partition coefficient (Wildman–Crippen LogP) is 6.57. The molecule has 5 atom stereocenters. The molecule has 2 unspecified atom stereocenters. The first-order valence-electron chi connectivity index (χ1n) is 25.7. The van der Waals surface area contributed by atoms with Crippen LogP contribution >= 0.6 is 0 Å². The molecule has 6 bridgehead atoms. The van der Waals surface area contributed by atoms with Crippen molar-refractivity contribution in [2.24, 2.45) is 16.7 Å². The number of fused-ring (bicyclic) bond motifs is 6. The molecule has 4 aromatic rings. The van der Waals surface area contributed by atoms with Gasteiger partial charge in [-0.25, -0.2) is 5.43 Å². The zero-order valence-electron chi connectivity index (χ0n) is 44.2. The first-order chi connectivity index (χ1) is 34.2. The normalized spacial score (nSPS) is 22.5. The number of hydrogen-bond donors (Lipinski definition) is 2. The zero-order chi connectivity index (χ0) is 51.9. The first kappa shape index (κ1) is 52.2. The smallest absolute Gasteiger partial charge is 0.324 e. The lowest BCUT2D eigenvalue weighted by molar-refractivity contribution is -0.155. The summed E-state index contributed by atoms with van der Waals surface area (Å²) in [5.74, 6) is 3.84. The minimum absolute atomic E-state index is 0.135. The van der Waals surface area contributed by atoms with Crippen LogP contribution in [0.3, 0.4) is 0 Å². The van der Waals surface area contributed by atoms with Gasteiger partial charge in [0.25, 0.3) is 11.8 Å². The van der Waals surface area contributed by atoms with Crippen molar-refractivity contribution in [2.45, 2.75) is 130 Å². The van der Waals surface area contributed by atoms with E-state index < -0.39 is 46.4 Å². The predicted molar refractivity (Wildman–Crippen MR) is 278 cm³/mol. The second kappa shape index (κ2) is 20.8. The Morgan fingerprint density at radius 2 is 1.76 bits per heavy atom. The van der Waals surface area contributed by atoms with E-state index in [1.165, 1.54) is 5.01 Å². The van der Waals surface area contributed by atoms with Gasteiger partial charge in [0.1, 0.15) is 18.1 Å². The van der Waals surface area contributed by atoms with Gasteiger partial charge in [-0.2, -0.15) is 0 Å². The molecule has 0 aliphatic carbocycles. The summed E-state index contributed by atoms with van der Waals surface area (Å²) < 4.78 is 14.3. The molecule has 15 heteroatoms. The van der Waals surface area contributed by atoms with Crippen LogP contribution in [0, 0.1) is 28.6 Å². The molecular weight excluding hydrogens is 909 g/mol. The van der Waals surface area contributed by atoms with Gasteiger partial charge in [0.05, 0.1) is 35.1 Å². The first-order valence-corrected chi connectivity index (χ1v) is 25.7. The number of likely N-dealkylation sites (tertiary alicyclic amines) is 2. The number of aryl methyl sites for hydroxylation is 1. The number of nitrogens with one attached hydrogen (secondary N) is 2. The highest BCUT2D eigenvalue weighted by Crippen LogP contribution is 2.44. The Morgan fingerprint density at radius 1 is 1.01 bits per heavy atom. The van der Waals surface area contributed by atoms with Crippen LogP contribution in [-0.2, 0) is 52.8 Å². The monoisotopic (exact) mass is 983 g/mol. The van der Waals surface area contributed by atoms with Crippen LogP contribution in [-0.4, -0.2) is 137 Å². The Labute approximate surface area is 425 Å². The number of amides is 4. The van der Waals surface area contributed by atoms with Crippen molar-refractivity contribution in [1.82, 2.24) is 40.0 Å². The van der Waals surface area contributed by atoms with E-state index in [4.69, 9.17) is 14.5 Å². The van der Waals surface area contributed by atoms with Crippen LogP contribution in [0.4, 0.5) is 0 Å². The third-order valence-electron chi connectivity index (χ3n) is 15.6. The van der Waals surface area contributed by atoms with Crippen molar-refractivity contribution in [3.8, 4) is 34.2 Å². The van der Waals surface area contributed by atoms with E-state index in [2.05, 4.69) is 84.3 Å².